The largest absolute Gasteiger partial charge is 0.467 e. The molecule has 0 spiro atoms. The summed E-state index contributed by atoms with van der Waals surface area (Å²) in [5.74, 6) is -5.07. The van der Waals surface area contributed by atoms with Crippen molar-refractivity contribution in [2.24, 2.45) is 0 Å². The molecule has 1 saturated heterocycles. The lowest BCUT2D eigenvalue weighted by atomic mass is 9.96. The average molecular weight is 543 g/mol. The molecule has 2 aromatic carbocycles. The first-order valence-corrected chi connectivity index (χ1v) is 12.1. The number of ether oxygens (including phenoxy) is 6. The van der Waals surface area contributed by atoms with Crippen molar-refractivity contribution < 1.29 is 52.4 Å². The van der Waals surface area contributed by atoms with Crippen molar-refractivity contribution in [3.8, 4) is 11.1 Å². The van der Waals surface area contributed by atoms with E-state index in [1.807, 2.05) is 42.5 Å². The monoisotopic (exact) mass is 542 g/mol. The topological polar surface area (TPSA) is 141 Å². The number of benzene rings is 2. The van der Waals surface area contributed by atoms with E-state index in [0.29, 0.717) is 5.56 Å². The molecule has 0 radical (unpaired) electrons. The molecular formula is C28H30O11. The summed E-state index contributed by atoms with van der Waals surface area (Å²) in [6.07, 6.45) is -8.03. The van der Waals surface area contributed by atoms with Crippen LogP contribution in [0, 0.1) is 0 Å². The van der Waals surface area contributed by atoms with Crippen LogP contribution in [0.2, 0.25) is 0 Å². The summed E-state index contributed by atoms with van der Waals surface area (Å²) < 4.78 is 31.7. The van der Waals surface area contributed by atoms with E-state index in [1.165, 1.54) is 0 Å². The van der Waals surface area contributed by atoms with Gasteiger partial charge in [0.1, 0.15) is 0 Å². The Labute approximate surface area is 225 Å². The maximum Gasteiger partial charge on any atom is 0.339 e. The molecule has 208 valence electrons. The van der Waals surface area contributed by atoms with Crippen LogP contribution in [-0.4, -0.2) is 67.7 Å². The Morgan fingerprint density at radius 2 is 1.21 bits per heavy atom. The minimum Gasteiger partial charge on any atom is -0.467 e. The van der Waals surface area contributed by atoms with Crippen molar-refractivity contribution in [3.05, 3.63) is 60.2 Å². The Bertz CT molecular complexity index is 1190. The third kappa shape index (κ3) is 7.41. The molecule has 3 rings (SSSR count). The van der Waals surface area contributed by atoms with Crippen LogP contribution >= 0.6 is 0 Å². The molecule has 1 aliphatic rings. The second-order valence-corrected chi connectivity index (χ2v) is 8.82. The summed E-state index contributed by atoms with van der Waals surface area (Å²) in [6.45, 7) is 4.82. The number of esters is 5. The minimum atomic E-state index is -1.70. The predicted octanol–water partition coefficient (Wildman–Crippen LogP) is 2.69. The van der Waals surface area contributed by atoms with Gasteiger partial charge in [0.25, 0.3) is 0 Å². The fraction of sp³-hybridized carbons (Fsp3) is 0.393. The number of rotatable bonds is 8. The van der Waals surface area contributed by atoms with Crippen LogP contribution in [0.15, 0.2) is 54.6 Å². The number of hydrogen-bond acceptors (Lipinski definition) is 11. The maximum absolute atomic E-state index is 13.2. The van der Waals surface area contributed by atoms with Crippen LogP contribution in [0.1, 0.15) is 39.2 Å². The third-order valence-corrected chi connectivity index (χ3v) is 5.94. The van der Waals surface area contributed by atoms with E-state index < -0.39 is 66.5 Å². The van der Waals surface area contributed by atoms with Crippen LogP contribution in [0.25, 0.3) is 11.1 Å². The lowest BCUT2D eigenvalue weighted by molar-refractivity contribution is -0.294. The van der Waals surface area contributed by atoms with E-state index in [9.17, 15) is 24.0 Å². The highest BCUT2D eigenvalue weighted by atomic mass is 16.7. The van der Waals surface area contributed by atoms with Gasteiger partial charge in [0.15, 0.2) is 18.3 Å². The van der Waals surface area contributed by atoms with Crippen LogP contribution < -0.4 is 0 Å². The quantitative estimate of drug-likeness (QED) is 0.359. The summed E-state index contributed by atoms with van der Waals surface area (Å²) in [4.78, 5) is 61.3. The third-order valence-electron chi connectivity index (χ3n) is 5.94. The van der Waals surface area contributed by atoms with Crippen molar-refractivity contribution in [1.29, 1.82) is 0 Å². The van der Waals surface area contributed by atoms with Crippen LogP contribution in [-0.2, 0) is 52.4 Å². The van der Waals surface area contributed by atoms with Gasteiger partial charge in [-0.3, -0.25) is 19.2 Å². The lowest BCUT2D eigenvalue weighted by Crippen LogP contribution is -2.64. The molecule has 2 aromatic rings. The zero-order valence-corrected chi connectivity index (χ0v) is 22.2. The molecule has 1 unspecified atom stereocenters. The molecule has 6 atom stereocenters. The van der Waals surface area contributed by atoms with Crippen molar-refractivity contribution in [2.45, 2.75) is 64.3 Å². The molecule has 0 aliphatic carbocycles. The standard InChI is InChI=1S/C28H30O11/c1-15(19-11-13-21(14-12-19)20-9-7-6-8-10-20)26(32)39-28-25(37-18(4)31)23(36-17(3)30)22(35-16(2)29)24(38-28)27(33)34-5/h6-15,22-25,28H,1-5H3/t15?,22-,23-,24-,25+,28-/m0/s1. The molecule has 11 heteroatoms. The highest BCUT2D eigenvalue weighted by Crippen LogP contribution is 2.32. The van der Waals surface area contributed by atoms with Gasteiger partial charge in [0.2, 0.25) is 12.4 Å². The van der Waals surface area contributed by atoms with Gasteiger partial charge in [0, 0.05) is 20.8 Å². The molecule has 11 nitrogen and oxygen atoms in total. The molecule has 1 heterocycles. The second-order valence-electron chi connectivity index (χ2n) is 8.82. The van der Waals surface area contributed by atoms with Gasteiger partial charge in [0.05, 0.1) is 13.0 Å². The van der Waals surface area contributed by atoms with Crippen molar-refractivity contribution in [3.63, 3.8) is 0 Å². The molecule has 0 amide bonds. The summed E-state index contributed by atoms with van der Waals surface area (Å²) in [6, 6.07) is 16.9. The fourth-order valence-corrected chi connectivity index (χ4v) is 4.12. The predicted molar refractivity (Wildman–Crippen MR) is 134 cm³/mol. The van der Waals surface area contributed by atoms with Crippen LogP contribution in [0.3, 0.4) is 0 Å². The summed E-state index contributed by atoms with van der Waals surface area (Å²) >= 11 is 0. The Morgan fingerprint density at radius 3 is 1.74 bits per heavy atom. The SMILES string of the molecule is COC(=O)[C@H]1O[C@@H](OC(=O)C(C)c2ccc(-c3ccccc3)cc2)[C@H](OC(C)=O)[C@@H](OC(C)=O)[C@@H]1OC(C)=O. The van der Waals surface area contributed by atoms with Crippen molar-refractivity contribution >= 4 is 29.8 Å². The van der Waals surface area contributed by atoms with E-state index in [1.54, 1.807) is 19.1 Å². The highest BCUT2D eigenvalue weighted by molar-refractivity contribution is 5.79. The molecule has 1 fully saturated rings. The normalized spacial score (nSPS) is 23.1. The Hall–Kier alpha value is -4.25. The second kappa shape index (κ2) is 13.0. The minimum absolute atomic E-state index is 0.623. The zero-order chi connectivity index (χ0) is 28.7. The first-order chi connectivity index (χ1) is 18.5. The van der Waals surface area contributed by atoms with Gasteiger partial charge < -0.3 is 28.4 Å². The fourth-order valence-electron chi connectivity index (χ4n) is 4.12. The van der Waals surface area contributed by atoms with E-state index in [2.05, 4.69) is 0 Å². The zero-order valence-electron chi connectivity index (χ0n) is 22.2. The first-order valence-electron chi connectivity index (χ1n) is 12.1. The number of carbonyl (C=O) groups excluding carboxylic acids is 5. The molecule has 39 heavy (non-hydrogen) atoms. The van der Waals surface area contributed by atoms with Gasteiger partial charge in [-0.15, -0.1) is 0 Å². The van der Waals surface area contributed by atoms with Gasteiger partial charge in [-0.25, -0.2) is 4.79 Å². The van der Waals surface area contributed by atoms with Gasteiger partial charge in [-0.1, -0.05) is 54.6 Å². The van der Waals surface area contributed by atoms with Crippen LogP contribution in [0.4, 0.5) is 0 Å². The Morgan fingerprint density at radius 1 is 0.692 bits per heavy atom. The van der Waals surface area contributed by atoms with Crippen LogP contribution in [0.5, 0.6) is 0 Å². The number of carbonyl (C=O) groups is 5. The molecule has 0 N–H and O–H groups in total. The van der Waals surface area contributed by atoms with E-state index in [0.717, 1.165) is 39.0 Å². The van der Waals surface area contributed by atoms with E-state index in [4.69, 9.17) is 28.4 Å². The lowest BCUT2D eigenvalue weighted by Gasteiger charge is -2.42. The van der Waals surface area contributed by atoms with Crippen molar-refractivity contribution in [1.82, 2.24) is 0 Å². The number of hydrogen-bond donors (Lipinski definition) is 0. The molecule has 0 saturated carbocycles. The Kier molecular flexibility index (Phi) is 9.78. The van der Waals surface area contributed by atoms with E-state index in [-0.39, 0.29) is 0 Å². The van der Waals surface area contributed by atoms with Gasteiger partial charge >= 0.3 is 29.8 Å². The molecule has 1 aliphatic heterocycles. The smallest absolute Gasteiger partial charge is 0.339 e. The van der Waals surface area contributed by atoms with Gasteiger partial charge in [-0.2, -0.15) is 0 Å². The molecular weight excluding hydrogens is 512 g/mol. The summed E-state index contributed by atoms with van der Waals surface area (Å²) in [7, 11) is 1.07. The van der Waals surface area contributed by atoms with Gasteiger partial charge in [-0.05, 0) is 23.6 Å². The molecule has 0 aromatic heterocycles. The Balaban J connectivity index is 1.89. The summed E-state index contributed by atoms with van der Waals surface area (Å²) in [5.41, 5.74) is 2.58. The summed E-state index contributed by atoms with van der Waals surface area (Å²) in [5, 5.41) is 0. The van der Waals surface area contributed by atoms with E-state index >= 15 is 0 Å². The first kappa shape index (κ1) is 29.3. The molecule has 0 bridgehead atoms. The number of methoxy groups -OCH3 is 1. The maximum atomic E-state index is 13.2. The average Bonchev–Trinajstić information content (AvgIpc) is 2.90. The van der Waals surface area contributed by atoms with Crippen molar-refractivity contribution in [2.75, 3.05) is 7.11 Å². The highest BCUT2D eigenvalue weighted by Gasteiger charge is 2.56.